The summed E-state index contributed by atoms with van der Waals surface area (Å²) in [6.45, 7) is 3.83. The lowest BCUT2D eigenvalue weighted by Crippen LogP contribution is -2.07. The number of anilines is 6. The summed E-state index contributed by atoms with van der Waals surface area (Å²) in [5.41, 5.74) is -1.21. The van der Waals surface area contributed by atoms with Gasteiger partial charge in [0.1, 0.15) is 29.3 Å². The number of benzene rings is 6. The number of rotatable bonds is 16. The predicted molar refractivity (Wildman–Crippen MR) is 286 cm³/mol. The number of non-ortho nitro benzene ring substituents is 2. The first-order valence-electron chi connectivity index (χ1n) is 23.0. The minimum absolute atomic E-state index is 0. The van der Waals surface area contributed by atoms with E-state index < -0.39 is 56.1 Å². The molecule has 8 aromatic rings. The zero-order valence-electron chi connectivity index (χ0n) is 40.8. The average Bonchev–Trinajstić information content (AvgIpc) is 3.46. The van der Waals surface area contributed by atoms with Crippen molar-refractivity contribution in [3.8, 4) is 12.1 Å². The van der Waals surface area contributed by atoms with Crippen LogP contribution in [0.4, 0.5) is 95.1 Å². The van der Waals surface area contributed by atoms with Crippen LogP contribution in [-0.2, 0) is 25.4 Å². The maximum absolute atomic E-state index is 13.7. The Bertz CT molecular complexity index is 3610. The van der Waals surface area contributed by atoms with Gasteiger partial charge in [0.25, 0.3) is 11.4 Å². The number of nitro groups is 2. The molecule has 0 atom stereocenters. The van der Waals surface area contributed by atoms with E-state index in [1.807, 2.05) is 72.8 Å². The van der Waals surface area contributed by atoms with Crippen molar-refractivity contribution >= 4 is 68.8 Å². The summed E-state index contributed by atoms with van der Waals surface area (Å²) >= 11 is 0. The fourth-order valence-corrected chi connectivity index (χ4v) is 7.33. The molecule has 2 aromatic heterocycles. The summed E-state index contributed by atoms with van der Waals surface area (Å²) in [4.78, 5) is 29.2. The van der Waals surface area contributed by atoms with Crippen LogP contribution in [0.1, 0.15) is 51.9 Å². The lowest BCUT2D eigenvalue weighted by molar-refractivity contribution is -0.385. The van der Waals surface area contributed by atoms with E-state index in [9.17, 15) is 57.1 Å². The van der Waals surface area contributed by atoms with Crippen LogP contribution in [0, 0.1) is 56.7 Å². The molecule has 6 aromatic carbocycles. The third-order valence-corrected chi connectivity index (χ3v) is 11.2. The van der Waals surface area contributed by atoms with Gasteiger partial charge in [0.2, 0.25) is 0 Å². The van der Waals surface area contributed by atoms with Crippen molar-refractivity contribution in [3.05, 3.63) is 222 Å². The van der Waals surface area contributed by atoms with Gasteiger partial charge in [-0.1, -0.05) is 104 Å². The van der Waals surface area contributed by atoms with E-state index in [1.165, 1.54) is 0 Å². The Morgan fingerprint density at radius 3 is 1.25 bits per heavy atom. The van der Waals surface area contributed by atoms with Gasteiger partial charge in [-0.25, -0.2) is 9.97 Å². The van der Waals surface area contributed by atoms with E-state index in [4.69, 9.17) is 0 Å². The molecule has 8 rings (SSSR count). The molecule has 0 saturated heterocycles. The number of pyridine rings is 2. The summed E-state index contributed by atoms with van der Waals surface area (Å²) in [6.07, 6.45) is -9.83. The standard InChI is InChI=1S/2C27H20F3N7O2.CH4/c1-17-21(15-31)25(33-19-10-6-3-7-11-19)34-26(32-16-18-8-4-2-5-9-18)24(17)36-35-23-13-12-20(37(38)39)14-22(23)27(28,29)30;1-17-21(15-31)25(32-16-18-8-4-2-5-9-18)34-26(33-19-10-6-3-7-11-19)24(17)36-35-23-13-12-20(37(38)39)14-22(23)27(28,29)30;/h2*2-14H,16H2,1H3,(H2,32,33,34);1H4. The zero-order valence-corrected chi connectivity index (χ0v) is 40.8. The predicted octanol–water partition coefficient (Wildman–Crippen LogP) is 16.6. The van der Waals surface area contributed by atoms with Gasteiger partial charge in [-0.05, 0) is 61.4 Å². The van der Waals surface area contributed by atoms with Crippen LogP contribution in [0.25, 0.3) is 0 Å². The van der Waals surface area contributed by atoms with E-state index >= 15 is 0 Å². The largest absolute Gasteiger partial charge is 0.418 e. The molecule has 0 aliphatic heterocycles. The van der Waals surface area contributed by atoms with Crippen molar-refractivity contribution in [3.63, 3.8) is 0 Å². The van der Waals surface area contributed by atoms with Gasteiger partial charge >= 0.3 is 12.4 Å². The Labute approximate surface area is 447 Å². The smallest absolute Gasteiger partial charge is 0.365 e. The third kappa shape index (κ3) is 14.8. The highest BCUT2D eigenvalue weighted by molar-refractivity contribution is 5.79. The maximum Gasteiger partial charge on any atom is 0.418 e. The number of azo groups is 2. The average molecular weight is 1080 g/mol. The van der Waals surface area contributed by atoms with Crippen molar-refractivity contribution in [2.75, 3.05) is 21.3 Å². The molecule has 0 amide bonds. The molecule has 0 saturated carbocycles. The summed E-state index contributed by atoms with van der Waals surface area (Å²) in [5.74, 6) is 0.796. The number of nitrogens with one attached hydrogen (secondary N) is 4. The highest BCUT2D eigenvalue weighted by atomic mass is 19.4. The summed E-state index contributed by atoms with van der Waals surface area (Å²) < 4.78 is 82.0. The second-order valence-electron chi connectivity index (χ2n) is 16.5. The van der Waals surface area contributed by atoms with Crippen LogP contribution in [0.2, 0.25) is 0 Å². The van der Waals surface area contributed by atoms with Crippen molar-refractivity contribution < 1.29 is 36.2 Å². The van der Waals surface area contributed by atoms with Crippen LogP contribution in [0.5, 0.6) is 0 Å². The summed E-state index contributed by atoms with van der Waals surface area (Å²) in [6, 6.07) is 45.2. The van der Waals surface area contributed by atoms with Gasteiger partial charge in [-0.2, -0.15) is 36.9 Å². The lowest BCUT2D eigenvalue weighted by Gasteiger charge is -2.16. The number of nitrogens with zero attached hydrogens (tertiary/aromatic N) is 10. The molecule has 0 bridgehead atoms. The molecule has 79 heavy (non-hydrogen) atoms. The van der Waals surface area contributed by atoms with Crippen LogP contribution in [0.15, 0.2) is 178 Å². The van der Waals surface area contributed by atoms with Gasteiger partial charge in [0, 0.05) is 59.9 Å². The number of hydrogen-bond donors (Lipinski definition) is 4. The normalized spacial score (nSPS) is 11.1. The molecule has 18 nitrogen and oxygen atoms in total. The van der Waals surface area contributed by atoms with Crippen LogP contribution >= 0.6 is 0 Å². The number of nitro benzene ring substituents is 2. The van der Waals surface area contributed by atoms with Crippen LogP contribution in [-0.4, -0.2) is 19.8 Å². The number of alkyl halides is 6. The first kappa shape index (κ1) is 57.7. The maximum atomic E-state index is 13.7. The van der Waals surface area contributed by atoms with E-state index in [-0.39, 0.29) is 53.2 Å². The van der Waals surface area contributed by atoms with Crippen LogP contribution < -0.4 is 21.3 Å². The van der Waals surface area contributed by atoms with Gasteiger partial charge in [-0.3, -0.25) is 20.2 Å². The Balaban J connectivity index is 0.000000252. The van der Waals surface area contributed by atoms with Crippen molar-refractivity contribution in [1.82, 2.24) is 9.97 Å². The van der Waals surface area contributed by atoms with Gasteiger partial charge in [0.05, 0.1) is 43.5 Å². The molecule has 400 valence electrons. The van der Waals surface area contributed by atoms with Gasteiger partial charge in [0.15, 0.2) is 17.5 Å². The van der Waals surface area contributed by atoms with Crippen molar-refractivity contribution in [2.45, 2.75) is 46.7 Å². The Morgan fingerprint density at radius 1 is 0.506 bits per heavy atom. The Hall–Kier alpha value is -10.6. The third-order valence-electron chi connectivity index (χ3n) is 11.2. The highest BCUT2D eigenvalue weighted by Crippen LogP contribution is 2.43. The first-order chi connectivity index (χ1) is 37.3. The van der Waals surface area contributed by atoms with Crippen LogP contribution in [0.3, 0.4) is 0 Å². The monoisotopic (exact) mass is 1080 g/mol. The molecular formula is C55H44F6N14O4. The molecule has 24 heteroatoms. The number of aromatic nitrogens is 2. The molecular weight excluding hydrogens is 1030 g/mol. The minimum Gasteiger partial charge on any atom is -0.365 e. The van der Waals surface area contributed by atoms with Gasteiger partial charge < -0.3 is 21.3 Å². The highest BCUT2D eigenvalue weighted by Gasteiger charge is 2.37. The van der Waals surface area contributed by atoms with E-state index in [0.717, 1.165) is 35.4 Å². The molecule has 0 aliphatic carbocycles. The van der Waals surface area contributed by atoms with E-state index in [2.05, 4.69) is 63.8 Å². The zero-order chi connectivity index (χ0) is 56.0. The molecule has 2 heterocycles. The summed E-state index contributed by atoms with van der Waals surface area (Å²) in [5, 5.41) is 69.9. The summed E-state index contributed by atoms with van der Waals surface area (Å²) in [7, 11) is 0. The van der Waals surface area contributed by atoms with E-state index in [1.54, 1.807) is 62.4 Å². The second kappa shape index (κ2) is 25.7. The fourth-order valence-electron chi connectivity index (χ4n) is 7.33. The molecule has 4 N–H and O–H groups in total. The quantitative estimate of drug-likeness (QED) is 0.0305. The first-order valence-corrected chi connectivity index (χ1v) is 23.0. The van der Waals surface area contributed by atoms with Crippen molar-refractivity contribution in [2.24, 2.45) is 20.5 Å². The minimum atomic E-state index is -4.91. The molecule has 0 fully saturated rings. The molecule has 0 aliphatic rings. The molecule has 0 radical (unpaired) electrons. The van der Waals surface area contributed by atoms with E-state index in [0.29, 0.717) is 47.7 Å². The SMILES string of the molecule is C.Cc1c(C#N)c(NCc2ccccc2)nc(Nc2ccccc2)c1N=Nc1ccc([N+](=O)[O-])cc1C(F)(F)F.Cc1c(C#N)c(Nc2ccccc2)nc(NCc2ccccc2)c1N=Nc1ccc([N+](=O)[O-])cc1C(F)(F)F. The number of hydrogen-bond acceptors (Lipinski definition) is 16. The van der Waals surface area contributed by atoms with Gasteiger partial charge in [-0.15, -0.1) is 20.5 Å². The Kier molecular flexibility index (Phi) is 18.8. The van der Waals surface area contributed by atoms with Crippen molar-refractivity contribution in [1.29, 1.82) is 10.5 Å². The fraction of sp³-hybridized carbons (Fsp3) is 0.127. The molecule has 0 unspecified atom stereocenters. The number of para-hydroxylation sites is 2. The number of halogens is 6. The second-order valence-corrected chi connectivity index (χ2v) is 16.5. The topological polar surface area (TPSA) is 257 Å². The number of nitriles is 2. The lowest BCUT2D eigenvalue weighted by atomic mass is 10.1. The molecule has 0 spiro atoms. The Morgan fingerprint density at radius 2 is 0.861 bits per heavy atom.